The molecule has 3 aromatic rings. The SMILES string of the molecule is Cc1[nH]c2ccccc2c1C(=O)NC[C@H](O)c1ccsc1. The Morgan fingerprint density at radius 3 is 2.95 bits per heavy atom. The molecule has 21 heavy (non-hydrogen) atoms. The minimum Gasteiger partial charge on any atom is -0.387 e. The van der Waals surface area contributed by atoms with Crippen molar-refractivity contribution in [1.82, 2.24) is 10.3 Å². The van der Waals surface area contributed by atoms with Crippen LogP contribution in [0.4, 0.5) is 0 Å². The van der Waals surface area contributed by atoms with Crippen LogP contribution in [0.1, 0.15) is 27.7 Å². The van der Waals surface area contributed by atoms with Crippen LogP contribution in [0.2, 0.25) is 0 Å². The first-order valence-corrected chi connectivity index (χ1v) is 7.67. The largest absolute Gasteiger partial charge is 0.387 e. The van der Waals surface area contributed by atoms with E-state index in [1.54, 1.807) is 0 Å². The highest BCUT2D eigenvalue weighted by molar-refractivity contribution is 7.07. The lowest BCUT2D eigenvalue weighted by Gasteiger charge is -2.10. The van der Waals surface area contributed by atoms with Crippen LogP contribution >= 0.6 is 11.3 Å². The van der Waals surface area contributed by atoms with Crippen LogP contribution in [0.3, 0.4) is 0 Å². The van der Waals surface area contributed by atoms with E-state index in [0.29, 0.717) is 5.56 Å². The van der Waals surface area contributed by atoms with Crippen LogP contribution in [0.5, 0.6) is 0 Å². The normalized spacial score (nSPS) is 12.5. The number of carbonyl (C=O) groups is 1. The van der Waals surface area contributed by atoms with Gasteiger partial charge in [0.1, 0.15) is 0 Å². The van der Waals surface area contributed by atoms with Crippen molar-refractivity contribution in [3.8, 4) is 0 Å². The van der Waals surface area contributed by atoms with E-state index in [-0.39, 0.29) is 12.5 Å². The van der Waals surface area contributed by atoms with Gasteiger partial charge in [-0.15, -0.1) is 0 Å². The topological polar surface area (TPSA) is 65.1 Å². The lowest BCUT2D eigenvalue weighted by Crippen LogP contribution is -2.28. The number of benzene rings is 1. The summed E-state index contributed by atoms with van der Waals surface area (Å²) in [5.41, 5.74) is 3.25. The van der Waals surface area contributed by atoms with Gasteiger partial charge in [-0.1, -0.05) is 18.2 Å². The number of thiophene rings is 1. The quantitative estimate of drug-likeness (QED) is 0.693. The highest BCUT2D eigenvalue weighted by atomic mass is 32.1. The predicted octanol–water partition coefficient (Wildman–Crippen LogP) is 3.00. The van der Waals surface area contributed by atoms with Gasteiger partial charge >= 0.3 is 0 Å². The van der Waals surface area contributed by atoms with Gasteiger partial charge in [0.15, 0.2) is 0 Å². The second-order valence-corrected chi connectivity index (χ2v) is 5.73. The molecule has 0 radical (unpaired) electrons. The van der Waals surface area contributed by atoms with Crippen molar-refractivity contribution < 1.29 is 9.90 Å². The number of amides is 1. The Labute approximate surface area is 126 Å². The maximum atomic E-state index is 12.4. The van der Waals surface area contributed by atoms with Gasteiger partial charge in [0, 0.05) is 23.1 Å². The van der Waals surface area contributed by atoms with Gasteiger partial charge in [0.25, 0.3) is 5.91 Å². The van der Waals surface area contributed by atoms with Crippen LogP contribution in [0.25, 0.3) is 10.9 Å². The first-order chi connectivity index (χ1) is 10.2. The van der Waals surface area contributed by atoms with Crippen LogP contribution in [-0.4, -0.2) is 22.5 Å². The molecule has 0 aliphatic rings. The molecule has 0 fully saturated rings. The summed E-state index contributed by atoms with van der Waals surface area (Å²) in [6.07, 6.45) is -0.675. The molecule has 0 saturated heterocycles. The first-order valence-electron chi connectivity index (χ1n) is 6.72. The summed E-state index contributed by atoms with van der Waals surface area (Å²) in [6.45, 7) is 2.08. The molecule has 2 aromatic heterocycles. The van der Waals surface area contributed by atoms with Crippen molar-refractivity contribution in [3.63, 3.8) is 0 Å². The lowest BCUT2D eigenvalue weighted by atomic mass is 10.1. The van der Waals surface area contributed by atoms with E-state index in [9.17, 15) is 9.90 Å². The Hall–Kier alpha value is -2.11. The summed E-state index contributed by atoms with van der Waals surface area (Å²) in [4.78, 5) is 15.6. The number of H-pyrrole nitrogens is 1. The molecule has 3 rings (SSSR count). The summed E-state index contributed by atoms with van der Waals surface area (Å²) < 4.78 is 0. The Bertz CT molecular complexity index is 762. The summed E-state index contributed by atoms with van der Waals surface area (Å²) >= 11 is 1.53. The zero-order valence-corrected chi connectivity index (χ0v) is 12.4. The van der Waals surface area contributed by atoms with Gasteiger partial charge in [-0.25, -0.2) is 0 Å². The summed E-state index contributed by atoms with van der Waals surface area (Å²) in [5, 5.41) is 17.5. The van der Waals surface area contributed by atoms with Crippen molar-refractivity contribution >= 4 is 28.1 Å². The van der Waals surface area contributed by atoms with Gasteiger partial charge in [0.05, 0.1) is 11.7 Å². The second-order valence-electron chi connectivity index (χ2n) is 4.95. The van der Waals surface area contributed by atoms with Crippen molar-refractivity contribution in [3.05, 3.63) is 57.9 Å². The molecule has 4 nitrogen and oxygen atoms in total. The van der Waals surface area contributed by atoms with Crippen LogP contribution in [0, 0.1) is 6.92 Å². The molecular formula is C16H16N2O2S. The second kappa shape index (κ2) is 5.71. The zero-order valence-electron chi connectivity index (χ0n) is 11.6. The Morgan fingerprint density at radius 1 is 1.38 bits per heavy atom. The molecule has 5 heteroatoms. The predicted molar refractivity (Wildman–Crippen MR) is 84.6 cm³/mol. The highest BCUT2D eigenvalue weighted by Gasteiger charge is 2.17. The molecule has 1 atom stereocenters. The molecule has 2 heterocycles. The Morgan fingerprint density at radius 2 is 2.19 bits per heavy atom. The Kier molecular flexibility index (Phi) is 3.77. The number of para-hydroxylation sites is 1. The number of aliphatic hydroxyl groups is 1. The van der Waals surface area contributed by atoms with Crippen molar-refractivity contribution in [2.75, 3.05) is 6.54 Å². The van der Waals surface area contributed by atoms with Gasteiger partial charge in [-0.2, -0.15) is 11.3 Å². The van der Waals surface area contributed by atoms with Gasteiger partial charge in [-0.05, 0) is 35.4 Å². The summed E-state index contributed by atoms with van der Waals surface area (Å²) in [7, 11) is 0. The first kappa shape index (κ1) is 13.9. The number of hydrogen-bond donors (Lipinski definition) is 3. The van der Waals surface area contributed by atoms with Crippen LogP contribution in [0.15, 0.2) is 41.1 Å². The van der Waals surface area contributed by atoms with Crippen LogP contribution in [-0.2, 0) is 0 Å². The minimum atomic E-state index is -0.675. The van der Waals surface area contributed by atoms with Crippen LogP contribution < -0.4 is 5.32 Å². The fourth-order valence-electron chi connectivity index (χ4n) is 2.43. The maximum Gasteiger partial charge on any atom is 0.253 e. The maximum absolute atomic E-state index is 12.4. The third-order valence-electron chi connectivity index (χ3n) is 3.50. The molecule has 3 N–H and O–H groups in total. The summed E-state index contributed by atoms with van der Waals surface area (Å²) in [6, 6.07) is 9.56. The molecule has 0 aliphatic carbocycles. The van der Waals surface area contributed by atoms with Crippen molar-refractivity contribution in [2.24, 2.45) is 0 Å². The number of aromatic amines is 1. The molecule has 0 saturated carbocycles. The lowest BCUT2D eigenvalue weighted by molar-refractivity contribution is 0.0917. The van der Waals surface area contributed by atoms with E-state index < -0.39 is 6.10 Å². The fourth-order valence-corrected chi connectivity index (χ4v) is 3.14. The van der Waals surface area contributed by atoms with Gasteiger partial charge in [0.2, 0.25) is 0 Å². The van der Waals surface area contributed by atoms with Gasteiger partial charge < -0.3 is 15.4 Å². The van der Waals surface area contributed by atoms with Crippen molar-refractivity contribution in [2.45, 2.75) is 13.0 Å². The fraction of sp³-hybridized carbons (Fsp3) is 0.188. The number of carbonyl (C=O) groups excluding carboxylic acids is 1. The average Bonchev–Trinajstić information content (AvgIpc) is 3.10. The molecule has 1 aromatic carbocycles. The molecule has 0 bridgehead atoms. The van der Waals surface area contributed by atoms with E-state index >= 15 is 0 Å². The molecule has 1 amide bonds. The Balaban J connectivity index is 1.77. The number of nitrogens with one attached hydrogen (secondary N) is 2. The molecule has 0 spiro atoms. The number of aryl methyl sites for hydroxylation is 1. The van der Waals surface area contributed by atoms with E-state index in [1.165, 1.54) is 11.3 Å². The van der Waals surface area contributed by atoms with E-state index in [2.05, 4.69) is 10.3 Å². The highest BCUT2D eigenvalue weighted by Crippen LogP contribution is 2.22. The number of hydrogen-bond acceptors (Lipinski definition) is 3. The monoisotopic (exact) mass is 300 g/mol. The molecule has 0 unspecified atom stereocenters. The molecule has 0 aliphatic heterocycles. The van der Waals surface area contributed by atoms with E-state index in [1.807, 2.05) is 48.0 Å². The van der Waals surface area contributed by atoms with Crippen molar-refractivity contribution in [1.29, 1.82) is 0 Å². The number of aromatic nitrogens is 1. The molecular weight excluding hydrogens is 284 g/mol. The standard InChI is InChI=1S/C16H16N2O2S/c1-10-15(12-4-2-3-5-13(12)18-10)16(20)17-8-14(19)11-6-7-21-9-11/h2-7,9,14,18-19H,8H2,1H3,(H,17,20)/t14-/m0/s1. The van der Waals surface area contributed by atoms with E-state index in [4.69, 9.17) is 0 Å². The third-order valence-corrected chi connectivity index (χ3v) is 4.21. The number of fused-ring (bicyclic) bond motifs is 1. The third kappa shape index (κ3) is 2.70. The number of aliphatic hydroxyl groups excluding tert-OH is 1. The molecule has 108 valence electrons. The van der Waals surface area contributed by atoms with E-state index in [0.717, 1.165) is 22.2 Å². The van der Waals surface area contributed by atoms with Gasteiger partial charge in [-0.3, -0.25) is 4.79 Å². The number of rotatable bonds is 4. The average molecular weight is 300 g/mol. The smallest absolute Gasteiger partial charge is 0.253 e. The summed E-state index contributed by atoms with van der Waals surface area (Å²) in [5.74, 6) is -0.167. The minimum absolute atomic E-state index is 0.167. The zero-order chi connectivity index (χ0) is 14.8.